The Hall–Kier alpha value is -1.81. The molecular formula is C15H21N3O. The first kappa shape index (κ1) is 13.6. The van der Waals surface area contributed by atoms with Crippen molar-refractivity contribution < 1.29 is 5.11 Å². The summed E-state index contributed by atoms with van der Waals surface area (Å²) in [6.45, 7) is 4.42. The van der Waals surface area contributed by atoms with E-state index in [-0.39, 0.29) is 12.6 Å². The second kappa shape index (κ2) is 5.89. The average Bonchev–Trinajstić information content (AvgIpc) is 2.37. The van der Waals surface area contributed by atoms with Crippen LogP contribution in [0.25, 0.3) is 10.9 Å². The van der Waals surface area contributed by atoms with E-state index in [1.807, 2.05) is 24.3 Å². The highest BCUT2D eigenvalue weighted by Gasteiger charge is 2.11. The van der Waals surface area contributed by atoms with Crippen LogP contribution >= 0.6 is 0 Å². The van der Waals surface area contributed by atoms with E-state index in [9.17, 15) is 5.11 Å². The minimum absolute atomic E-state index is 0.0585. The van der Waals surface area contributed by atoms with E-state index in [1.54, 1.807) is 6.20 Å². The van der Waals surface area contributed by atoms with Crippen LogP contribution in [-0.2, 0) is 0 Å². The smallest absolute Gasteiger partial charge is 0.0743 e. The molecule has 0 aliphatic carbocycles. The lowest BCUT2D eigenvalue weighted by Crippen LogP contribution is -2.25. The van der Waals surface area contributed by atoms with E-state index in [0.29, 0.717) is 11.6 Å². The maximum absolute atomic E-state index is 9.45. The number of anilines is 2. The Bertz CT molecular complexity index is 554. The molecule has 1 aromatic carbocycles. The van der Waals surface area contributed by atoms with Crippen molar-refractivity contribution in [2.75, 3.05) is 17.7 Å². The molecule has 4 heteroatoms. The number of fused-ring (bicyclic) bond motifs is 1. The fourth-order valence-corrected chi connectivity index (χ4v) is 2.26. The molecule has 1 atom stereocenters. The molecule has 2 aromatic rings. The zero-order valence-electron chi connectivity index (χ0n) is 11.4. The number of aromatic nitrogens is 1. The number of aliphatic hydroxyl groups is 1. The van der Waals surface area contributed by atoms with Gasteiger partial charge in [-0.05, 0) is 36.6 Å². The number of nitrogens with zero attached hydrogens (tertiary/aromatic N) is 1. The summed E-state index contributed by atoms with van der Waals surface area (Å²) in [7, 11) is 0. The summed E-state index contributed by atoms with van der Waals surface area (Å²) in [5, 5.41) is 13.9. The fraction of sp³-hybridized carbons (Fsp3) is 0.400. The molecule has 0 aliphatic rings. The summed E-state index contributed by atoms with van der Waals surface area (Å²) in [5.74, 6) is 0.536. The largest absolute Gasteiger partial charge is 0.399 e. The third-order valence-corrected chi connectivity index (χ3v) is 3.10. The van der Waals surface area contributed by atoms with Gasteiger partial charge >= 0.3 is 0 Å². The first-order valence-corrected chi connectivity index (χ1v) is 6.61. The SMILES string of the molecule is CC(C)CC(CO)Nc1ccnc2cc(N)ccc12. The Balaban J connectivity index is 2.29. The highest BCUT2D eigenvalue weighted by molar-refractivity contribution is 5.92. The maximum Gasteiger partial charge on any atom is 0.0743 e. The van der Waals surface area contributed by atoms with Crippen molar-refractivity contribution in [1.82, 2.24) is 4.98 Å². The Kier molecular flexibility index (Phi) is 4.22. The number of hydrogen-bond donors (Lipinski definition) is 3. The van der Waals surface area contributed by atoms with Gasteiger partial charge in [0, 0.05) is 29.0 Å². The summed E-state index contributed by atoms with van der Waals surface area (Å²) in [6.07, 6.45) is 2.68. The van der Waals surface area contributed by atoms with E-state index in [4.69, 9.17) is 5.73 Å². The highest BCUT2D eigenvalue weighted by atomic mass is 16.3. The molecule has 0 radical (unpaired) electrons. The molecule has 0 amide bonds. The molecule has 0 aliphatic heterocycles. The number of nitrogens with two attached hydrogens (primary N) is 1. The molecule has 0 saturated heterocycles. The molecule has 0 spiro atoms. The van der Waals surface area contributed by atoms with Crippen LogP contribution in [0.3, 0.4) is 0 Å². The lowest BCUT2D eigenvalue weighted by atomic mass is 10.0. The molecule has 0 saturated carbocycles. The van der Waals surface area contributed by atoms with E-state index < -0.39 is 0 Å². The second-order valence-electron chi connectivity index (χ2n) is 5.29. The van der Waals surface area contributed by atoms with E-state index in [0.717, 1.165) is 23.0 Å². The monoisotopic (exact) mass is 259 g/mol. The lowest BCUT2D eigenvalue weighted by molar-refractivity contribution is 0.259. The van der Waals surface area contributed by atoms with Crippen LogP contribution in [0.5, 0.6) is 0 Å². The molecular weight excluding hydrogens is 238 g/mol. The summed E-state index contributed by atoms with van der Waals surface area (Å²) in [4.78, 5) is 4.31. The van der Waals surface area contributed by atoms with Gasteiger partial charge in [-0.15, -0.1) is 0 Å². The number of hydrogen-bond acceptors (Lipinski definition) is 4. The minimum atomic E-state index is 0.0585. The van der Waals surface area contributed by atoms with E-state index in [1.165, 1.54) is 0 Å². The number of benzene rings is 1. The predicted octanol–water partition coefficient (Wildman–Crippen LogP) is 2.64. The molecule has 102 valence electrons. The molecule has 2 rings (SSSR count). The van der Waals surface area contributed by atoms with Gasteiger partial charge in [0.05, 0.1) is 12.1 Å². The molecule has 4 nitrogen and oxygen atoms in total. The third-order valence-electron chi connectivity index (χ3n) is 3.10. The number of rotatable bonds is 5. The van der Waals surface area contributed by atoms with Gasteiger partial charge in [0.1, 0.15) is 0 Å². The molecule has 0 bridgehead atoms. The van der Waals surface area contributed by atoms with Gasteiger partial charge in [-0.1, -0.05) is 13.8 Å². The van der Waals surface area contributed by atoms with Crippen molar-refractivity contribution in [3.05, 3.63) is 30.5 Å². The molecule has 1 aromatic heterocycles. The van der Waals surface area contributed by atoms with Crippen LogP contribution in [0, 0.1) is 5.92 Å². The second-order valence-corrected chi connectivity index (χ2v) is 5.29. The highest BCUT2D eigenvalue weighted by Crippen LogP contribution is 2.24. The van der Waals surface area contributed by atoms with Crippen molar-refractivity contribution in [3.63, 3.8) is 0 Å². The van der Waals surface area contributed by atoms with Crippen LogP contribution in [0.4, 0.5) is 11.4 Å². The van der Waals surface area contributed by atoms with Crippen LogP contribution in [0.1, 0.15) is 20.3 Å². The Morgan fingerprint density at radius 1 is 1.32 bits per heavy atom. The summed E-state index contributed by atoms with van der Waals surface area (Å²) < 4.78 is 0. The van der Waals surface area contributed by atoms with Crippen molar-refractivity contribution in [1.29, 1.82) is 0 Å². The third kappa shape index (κ3) is 3.35. The first-order chi connectivity index (χ1) is 9.10. The summed E-state index contributed by atoms with van der Waals surface area (Å²) in [5.41, 5.74) is 8.33. The number of aliphatic hydroxyl groups excluding tert-OH is 1. The van der Waals surface area contributed by atoms with Gasteiger partial charge in [-0.2, -0.15) is 0 Å². The number of pyridine rings is 1. The number of nitrogens with one attached hydrogen (secondary N) is 1. The van der Waals surface area contributed by atoms with Crippen LogP contribution in [0.15, 0.2) is 30.5 Å². The van der Waals surface area contributed by atoms with E-state index >= 15 is 0 Å². The molecule has 0 fully saturated rings. The van der Waals surface area contributed by atoms with Crippen molar-refractivity contribution in [2.24, 2.45) is 5.92 Å². The summed E-state index contributed by atoms with van der Waals surface area (Å²) in [6, 6.07) is 7.68. The fourth-order valence-electron chi connectivity index (χ4n) is 2.26. The lowest BCUT2D eigenvalue weighted by Gasteiger charge is -2.20. The Morgan fingerprint density at radius 3 is 2.79 bits per heavy atom. The van der Waals surface area contributed by atoms with Crippen LogP contribution in [0.2, 0.25) is 0 Å². The van der Waals surface area contributed by atoms with Crippen molar-refractivity contribution >= 4 is 22.3 Å². The Labute approximate surface area is 113 Å². The zero-order chi connectivity index (χ0) is 13.8. The minimum Gasteiger partial charge on any atom is -0.399 e. The first-order valence-electron chi connectivity index (χ1n) is 6.61. The quantitative estimate of drug-likeness (QED) is 0.722. The van der Waals surface area contributed by atoms with Gasteiger partial charge in [0.15, 0.2) is 0 Å². The normalized spacial score (nSPS) is 12.8. The predicted molar refractivity (Wildman–Crippen MR) is 80.1 cm³/mol. The standard InChI is InChI=1S/C15H21N3O/c1-10(2)7-12(9-19)18-14-5-6-17-15-8-11(16)3-4-13(14)15/h3-6,8,10,12,19H,7,9,16H2,1-2H3,(H,17,18). The molecule has 1 heterocycles. The van der Waals surface area contributed by atoms with Gasteiger partial charge in [0.2, 0.25) is 0 Å². The molecule has 1 unspecified atom stereocenters. The maximum atomic E-state index is 9.45. The zero-order valence-corrected chi connectivity index (χ0v) is 11.4. The van der Waals surface area contributed by atoms with Gasteiger partial charge in [-0.3, -0.25) is 4.98 Å². The summed E-state index contributed by atoms with van der Waals surface area (Å²) >= 11 is 0. The van der Waals surface area contributed by atoms with Crippen LogP contribution < -0.4 is 11.1 Å². The average molecular weight is 259 g/mol. The van der Waals surface area contributed by atoms with E-state index in [2.05, 4.69) is 24.1 Å². The van der Waals surface area contributed by atoms with Crippen LogP contribution in [-0.4, -0.2) is 22.7 Å². The van der Waals surface area contributed by atoms with Gasteiger partial charge < -0.3 is 16.2 Å². The van der Waals surface area contributed by atoms with Crippen molar-refractivity contribution in [2.45, 2.75) is 26.3 Å². The number of nitrogen functional groups attached to an aromatic ring is 1. The Morgan fingerprint density at radius 2 is 2.11 bits per heavy atom. The molecule has 4 N–H and O–H groups in total. The van der Waals surface area contributed by atoms with Crippen molar-refractivity contribution in [3.8, 4) is 0 Å². The molecule has 19 heavy (non-hydrogen) atoms. The van der Waals surface area contributed by atoms with Gasteiger partial charge in [0.25, 0.3) is 0 Å². The van der Waals surface area contributed by atoms with Gasteiger partial charge in [-0.25, -0.2) is 0 Å². The topological polar surface area (TPSA) is 71.2 Å².